The summed E-state index contributed by atoms with van der Waals surface area (Å²) >= 11 is 0. The minimum atomic E-state index is -4.62. The molecule has 1 aliphatic heterocycles. The van der Waals surface area contributed by atoms with Crippen molar-refractivity contribution in [2.45, 2.75) is 44.9 Å². The third kappa shape index (κ3) is 4.82. The number of aromatic nitrogens is 4. The van der Waals surface area contributed by atoms with Crippen LogP contribution in [-0.4, -0.2) is 49.4 Å². The van der Waals surface area contributed by atoms with Crippen LogP contribution >= 0.6 is 0 Å². The van der Waals surface area contributed by atoms with Crippen molar-refractivity contribution in [2.75, 3.05) is 18.8 Å². The van der Waals surface area contributed by atoms with Gasteiger partial charge in [0.05, 0.1) is 24.3 Å². The summed E-state index contributed by atoms with van der Waals surface area (Å²) in [4.78, 5) is 26.2. The van der Waals surface area contributed by atoms with Crippen molar-refractivity contribution in [3.63, 3.8) is 0 Å². The first kappa shape index (κ1) is 26.3. The highest BCUT2D eigenvalue weighted by Gasteiger charge is 2.51. The second-order valence-electron chi connectivity index (χ2n) is 10.1. The SMILES string of the molecule is CC#CC(=O)N1CCC2(CC(n3nc(-c4cnn(Cc5cc(C(F)(F)F)ccc5F)c4)c(C(N)=O)c3N)C2)C1. The van der Waals surface area contributed by atoms with Crippen molar-refractivity contribution < 1.29 is 27.2 Å². The first-order valence-electron chi connectivity index (χ1n) is 12.2. The molecule has 1 saturated heterocycles. The molecule has 204 valence electrons. The summed E-state index contributed by atoms with van der Waals surface area (Å²) < 4.78 is 56.3. The number of rotatable bonds is 5. The second-order valence-corrected chi connectivity index (χ2v) is 10.1. The Morgan fingerprint density at radius 3 is 2.67 bits per heavy atom. The predicted octanol–water partition coefficient (Wildman–Crippen LogP) is 3.21. The number of nitrogens with two attached hydrogens (primary N) is 2. The number of benzene rings is 1. The molecule has 13 heteroatoms. The minimum absolute atomic E-state index is 0.00203. The van der Waals surface area contributed by atoms with E-state index in [4.69, 9.17) is 11.5 Å². The van der Waals surface area contributed by atoms with Crippen LogP contribution in [0.2, 0.25) is 0 Å². The topological polar surface area (TPSA) is 125 Å². The molecule has 1 saturated carbocycles. The van der Waals surface area contributed by atoms with E-state index in [9.17, 15) is 27.2 Å². The molecule has 1 aromatic carbocycles. The van der Waals surface area contributed by atoms with Gasteiger partial charge >= 0.3 is 6.18 Å². The molecule has 0 radical (unpaired) electrons. The van der Waals surface area contributed by atoms with E-state index < -0.39 is 23.5 Å². The van der Waals surface area contributed by atoms with E-state index in [0.29, 0.717) is 37.6 Å². The van der Waals surface area contributed by atoms with Gasteiger partial charge in [-0.25, -0.2) is 9.07 Å². The third-order valence-corrected chi connectivity index (χ3v) is 7.45. The average Bonchev–Trinajstić information content (AvgIpc) is 3.56. The molecule has 2 aromatic heterocycles. The highest BCUT2D eigenvalue weighted by Crippen LogP contribution is 2.54. The molecule has 2 amide bonds. The summed E-state index contributed by atoms with van der Waals surface area (Å²) in [7, 11) is 0. The molecule has 4 N–H and O–H groups in total. The van der Waals surface area contributed by atoms with Crippen molar-refractivity contribution in [1.82, 2.24) is 24.5 Å². The van der Waals surface area contributed by atoms with Gasteiger partial charge in [0, 0.05) is 30.4 Å². The number of halogens is 4. The van der Waals surface area contributed by atoms with Crippen LogP contribution in [0.15, 0.2) is 30.6 Å². The van der Waals surface area contributed by atoms with Crippen molar-refractivity contribution in [3.8, 4) is 23.1 Å². The second kappa shape index (κ2) is 9.44. The van der Waals surface area contributed by atoms with Gasteiger partial charge in [0.25, 0.3) is 11.8 Å². The lowest BCUT2D eigenvalue weighted by atomic mass is 9.65. The molecule has 9 nitrogen and oxygen atoms in total. The maximum absolute atomic E-state index is 14.2. The molecule has 1 spiro atoms. The van der Waals surface area contributed by atoms with Crippen LogP contribution in [0.4, 0.5) is 23.4 Å². The van der Waals surface area contributed by atoms with Gasteiger partial charge < -0.3 is 16.4 Å². The average molecular weight is 544 g/mol. The molecule has 5 rings (SSSR count). The Bertz CT molecular complexity index is 1520. The van der Waals surface area contributed by atoms with Gasteiger partial charge in [-0.1, -0.05) is 5.92 Å². The van der Waals surface area contributed by atoms with Crippen molar-refractivity contribution in [1.29, 1.82) is 0 Å². The molecular formula is C26H25F4N7O2. The fraction of sp³-hybridized carbons (Fsp3) is 0.385. The van der Waals surface area contributed by atoms with Crippen LogP contribution in [0.3, 0.4) is 0 Å². The zero-order chi connectivity index (χ0) is 28.1. The van der Waals surface area contributed by atoms with Crippen LogP contribution in [0.25, 0.3) is 11.3 Å². The minimum Gasteiger partial charge on any atom is -0.383 e. The fourth-order valence-electron chi connectivity index (χ4n) is 5.53. The van der Waals surface area contributed by atoms with E-state index >= 15 is 0 Å². The Morgan fingerprint density at radius 1 is 1.26 bits per heavy atom. The van der Waals surface area contributed by atoms with E-state index in [1.54, 1.807) is 16.5 Å². The van der Waals surface area contributed by atoms with Crippen molar-refractivity contribution in [3.05, 3.63) is 53.1 Å². The quantitative estimate of drug-likeness (QED) is 0.378. The van der Waals surface area contributed by atoms with Gasteiger partial charge in [0.15, 0.2) is 0 Å². The summed E-state index contributed by atoms with van der Waals surface area (Å²) in [5.74, 6) is 3.49. The lowest BCUT2D eigenvalue weighted by molar-refractivity contribution is -0.137. The van der Waals surface area contributed by atoms with Gasteiger partial charge in [0.2, 0.25) is 0 Å². The third-order valence-electron chi connectivity index (χ3n) is 7.45. The first-order chi connectivity index (χ1) is 18.4. The number of carbonyl (C=O) groups excluding carboxylic acids is 2. The molecule has 0 unspecified atom stereocenters. The van der Waals surface area contributed by atoms with Gasteiger partial charge in [0.1, 0.15) is 22.9 Å². The van der Waals surface area contributed by atoms with Crippen molar-refractivity contribution in [2.24, 2.45) is 11.1 Å². The number of nitrogens with zero attached hydrogens (tertiary/aromatic N) is 5. The molecule has 2 aliphatic rings. The molecule has 39 heavy (non-hydrogen) atoms. The van der Waals surface area contributed by atoms with E-state index in [1.807, 2.05) is 0 Å². The van der Waals surface area contributed by atoms with Gasteiger partial charge in [-0.15, -0.1) is 0 Å². The van der Waals surface area contributed by atoms with E-state index in [2.05, 4.69) is 22.0 Å². The molecule has 3 aromatic rings. The number of hydrogen-bond acceptors (Lipinski definition) is 5. The number of likely N-dealkylation sites (tertiary alicyclic amines) is 1. The Hall–Kier alpha value is -4.34. The highest BCUT2D eigenvalue weighted by molar-refractivity contribution is 6.03. The molecule has 0 bridgehead atoms. The number of primary amides is 1. The van der Waals surface area contributed by atoms with Crippen LogP contribution < -0.4 is 11.5 Å². The highest BCUT2D eigenvalue weighted by atomic mass is 19.4. The lowest BCUT2D eigenvalue weighted by Crippen LogP contribution is -2.42. The van der Waals surface area contributed by atoms with Crippen LogP contribution in [0.5, 0.6) is 0 Å². The van der Waals surface area contributed by atoms with Crippen LogP contribution in [0, 0.1) is 23.1 Å². The van der Waals surface area contributed by atoms with E-state index in [0.717, 1.165) is 18.6 Å². The summed E-state index contributed by atoms with van der Waals surface area (Å²) in [6, 6.07) is 2.06. The standard InChI is InChI=1S/C26H25F4N7O2/c1-2-3-20(38)35-7-6-25(14-35)9-18(10-25)37-23(31)21(24(32)39)22(34-37)16-11-33-36(13-16)12-15-8-17(26(28,29)30)4-5-19(15)27/h4-5,8,11,13,18H,6-7,9-10,12,14,31H2,1H3,(H2,32,39). The van der Waals surface area contributed by atoms with Gasteiger partial charge in [-0.3, -0.25) is 14.3 Å². The van der Waals surface area contributed by atoms with Crippen LogP contribution in [-0.2, 0) is 17.5 Å². The first-order valence-corrected chi connectivity index (χ1v) is 12.2. The fourth-order valence-corrected chi connectivity index (χ4v) is 5.53. The predicted molar refractivity (Wildman–Crippen MR) is 132 cm³/mol. The Labute approximate surface area is 220 Å². The normalized spacial score (nSPS) is 20.5. The Morgan fingerprint density at radius 2 is 2.00 bits per heavy atom. The molecule has 0 atom stereocenters. The maximum Gasteiger partial charge on any atom is 0.416 e. The number of amides is 2. The lowest BCUT2D eigenvalue weighted by Gasteiger charge is -2.45. The Balaban J connectivity index is 1.37. The molecule has 3 heterocycles. The van der Waals surface area contributed by atoms with E-state index in [1.165, 1.54) is 17.1 Å². The zero-order valence-corrected chi connectivity index (χ0v) is 20.9. The molecular weight excluding hydrogens is 518 g/mol. The van der Waals surface area contributed by atoms with Gasteiger partial charge in [-0.05, 0) is 55.7 Å². The number of alkyl halides is 3. The molecule has 1 aliphatic carbocycles. The van der Waals surface area contributed by atoms with Crippen molar-refractivity contribution >= 4 is 17.6 Å². The number of anilines is 1. The maximum atomic E-state index is 14.2. The summed E-state index contributed by atoms with van der Waals surface area (Å²) in [6.07, 6.45) is 0.421. The molecule has 2 fully saturated rings. The monoisotopic (exact) mass is 543 g/mol. The summed E-state index contributed by atoms with van der Waals surface area (Å²) in [6.45, 7) is 2.55. The van der Waals surface area contributed by atoms with Crippen LogP contribution in [0.1, 0.15) is 53.7 Å². The largest absolute Gasteiger partial charge is 0.416 e. The number of nitrogen functional groups attached to an aromatic ring is 1. The summed E-state index contributed by atoms with van der Waals surface area (Å²) in [5, 5.41) is 8.67. The smallest absolute Gasteiger partial charge is 0.383 e. The number of hydrogen-bond donors (Lipinski definition) is 2. The summed E-state index contributed by atoms with van der Waals surface area (Å²) in [5.41, 5.74) is 11.2. The van der Waals surface area contributed by atoms with E-state index in [-0.39, 0.29) is 46.5 Å². The number of carbonyl (C=O) groups is 2. The Kier molecular flexibility index (Phi) is 6.36. The van der Waals surface area contributed by atoms with Gasteiger partial charge in [-0.2, -0.15) is 23.4 Å². The zero-order valence-electron chi connectivity index (χ0n) is 20.9.